The number of hydrogen-bond acceptors (Lipinski definition) is 3. The Labute approximate surface area is 186 Å². The fourth-order valence-corrected chi connectivity index (χ4v) is 4.49. The standard InChI is InChI=1S/C22H33N3O2.HI/c1-23-22(25-14-12-20(13-15-25)21(26)27-2)24-16-17-8-10-19(11-9-17)18-6-4-3-5-7-18;/h3-7,17,19-20H,8-16H2,1-2H3,(H,23,24);1H. The van der Waals surface area contributed by atoms with Crippen molar-refractivity contribution < 1.29 is 9.53 Å². The number of halogens is 1. The number of carbonyl (C=O) groups is 1. The Morgan fingerprint density at radius 3 is 2.32 bits per heavy atom. The van der Waals surface area contributed by atoms with Crippen LogP contribution in [0.5, 0.6) is 0 Å². The van der Waals surface area contributed by atoms with E-state index >= 15 is 0 Å². The van der Waals surface area contributed by atoms with Crippen LogP contribution >= 0.6 is 24.0 Å². The van der Waals surface area contributed by atoms with Gasteiger partial charge in [0, 0.05) is 26.7 Å². The average Bonchev–Trinajstić information content (AvgIpc) is 2.75. The van der Waals surface area contributed by atoms with Gasteiger partial charge in [-0.2, -0.15) is 0 Å². The smallest absolute Gasteiger partial charge is 0.308 e. The number of methoxy groups -OCH3 is 1. The molecule has 1 aromatic carbocycles. The van der Waals surface area contributed by atoms with Gasteiger partial charge in [-0.1, -0.05) is 30.3 Å². The Morgan fingerprint density at radius 2 is 1.75 bits per heavy atom. The normalized spacial score (nSPS) is 23.6. The van der Waals surface area contributed by atoms with Gasteiger partial charge in [-0.15, -0.1) is 24.0 Å². The number of esters is 1. The summed E-state index contributed by atoms with van der Waals surface area (Å²) in [5.41, 5.74) is 1.49. The number of ether oxygens (including phenoxy) is 1. The molecule has 0 amide bonds. The minimum Gasteiger partial charge on any atom is -0.469 e. The largest absolute Gasteiger partial charge is 0.469 e. The second-order valence-electron chi connectivity index (χ2n) is 7.84. The highest BCUT2D eigenvalue weighted by molar-refractivity contribution is 14.0. The summed E-state index contributed by atoms with van der Waals surface area (Å²) in [6, 6.07) is 10.9. The molecule has 2 aliphatic rings. The highest BCUT2D eigenvalue weighted by Crippen LogP contribution is 2.35. The molecule has 156 valence electrons. The van der Waals surface area contributed by atoms with E-state index in [0.717, 1.165) is 44.4 Å². The third kappa shape index (κ3) is 6.09. The first-order valence-corrected chi connectivity index (χ1v) is 10.3. The summed E-state index contributed by atoms with van der Waals surface area (Å²) < 4.78 is 4.88. The Kier molecular flexibility index (Phi) is 9.55. The Morgan fingerprint density at radius 1 is 1.11 bits per heavy atom. The maximum absolute atomic E-state index is 11.7. The lowest BCUT2D eigenvalue weighted by molar-refractivity contribution is -0.146. The van der Waals surface area contributed by atoms with Crippen LogP contribution in [-0.2, 0) is 9.53 Å². The number of piperidine rings is 1. The SMILES string of the molecule is CN=C(NCC1CCC(c2ccccc2)CC1)N1CCC(C(=O)OC)CC1.I. The summed E-state index contributed by atoms with van der Waals surface area (Å²) >= 11 is 0. The quantitative estimate of drug-likeness (QED) is 0.294. The molecule has 28 heavy (non-hydrogen) atoms. The van der Waals surface area contributed by atoms with Gasteiger partial charge in [0.25, 0.3) is 0 Å². The third-order valence-electron chi connectivity index (χ3n) is 6.21. The predicted octanol–water partition coefficient (Wildman–Crippen LogP) is 4.04. The van der Waals surface area contributed by atoms with Gasteiger partial charge in [-0.3, -0.25) is 9.79 Å². The van der Waals surface area contributed by atoms with Crippen molar-refractivity contribution in [2.24, 2.45) is 16.8 Å². The average molecular weight is 499 g/mol. The molecule has 5 nitrogen and oxygen atoms in total. The van der Waals surface area contributed by atoms with Gasteiger partial charge in [-0.25, -0.2) is 0 Å². The Hall–Kier alpha value is -1.31. The second kappa shape index (κ2) is 11.6. The highest BCUT2D eigenvalue weighted by atomic mass is 127. The molecular weight excluding hydrogens is 465 g/mol. The van der Waals surface area contributed by atoms with E-state index < -0.39 is 0 Å². The lowest BCUT2D eigenvalue weighted by Crippen LogP contribution is -2.47. The summed E-state index contributed by atoms with van der Waals surface area (Å²) in [5.74, 6) is 2.38. The van der Waals surface area contributed by atoms with E-state index in [0.29, 0.717) is 5.92 Å². The minimum absolute atomic E-state index is 0. The first kappa shape index (κ1) is 23.0. The summed E-state index contributed by atoms with van der Waals surface area (Å²) in [6.45, 7) is 2.71. The number of carbonyl (C=O) groups excluding carboxylic acids is 1. The van der Waals surface area contributed by atoms with Crippen LogP contribution in [0.2, 0.25) is 0 Å². The van der Waals surface area contributed by atoms with Crippen LogP contribution in [0.15, 0.2) is 35.3 Å². The molecule has 0 aromatic heterocycles. The number of rotatable bonds is 4. The molecule has 1 N–H and O–H groups in total. The molecular formula is C22H34IN3O2. The molecule has 0 atom stereocenters. The topological polar surface area (TPSA) is 53.9 Å². The molecule has 1 aliphatic heterocycles. The zero-order valence-corrected chi connectivity index (χ0v) is 19.4. The van der Waals surface area contributed by atoms with Crippen molar-refractivity contribution in [3.05, 3.63) is 35.9 Å². The highest BCUT2D eigenvalue weighted by Gasteiger charge is 2.28. The van der Waals surface area contributed by atoms with E-state index in [-0.39, 0.29) is 35.9 Å². The van der Waals surface area contributed by atoms with E-state index in [1.54, 1.807) is 0 Å². The van der Waals surface area contributed by atoms with Crippen LogP contribution in [0.1, 0.15) is 50.0 Å². The van der Waals surface area contributed by atoms with Crippen molar-refractivity contribution in [2.75, 3.05) is 33.8 Å². The van der Waals surface area contributed by atoms with Gasteiger partial charge >= 0.3 is 5.97 Å². The summed E-state index contributed by atoms with van der Waals surface area (Å²) in [4.78, 5) is 18.4. The van der Waals surface area contributed by atoms with Crippen LogP contribution < -0.4 is 5.32 Å². The Balaban J connectivity index is 0.00000280. The molecule has 0 spiro atoms. The fourth-order valence-electron chi connectivity index (χ4n) is 4.49. The number of guanidine groups is 1. The maximum Gasteiger partial charge on any atom is 0.308 e. The molecule has 1 aliphatic carbocycles. The summed E-state index contributed by atoms with van der Waals surface area (Å²) in [7, 11) is 3.32. The first-order chi connectivity index (χ1) is 13.2. The number of nitrogens with one attached hydrogen (secondary N) is 1. The van der Waals surface area contributed by atoms with Crippen molar-refractivity contribution in [3.8, 4) is 0 Å². The molecule has 0 unspecified atom stereocenters. The minimum atomic E-state index is -0.0761. The van der Waals surface area contributed by atoms with E-state index in [1.165, 1.54) is 38.4 Å². The molecule has 6 heteroatoms. The zero-order chi connectivity index (χ0) is 19.1. The van der Waals surface area contributed by atoms with Crippen molar-refractivity contribution >= 4 is 35.9 Å². The van der Waals surface area contributed by atoms with Crippen LogP contribution in [0.4, 0.5) is 0 Å². The predicted molar refractivity (Wildman–Crippen MR) is 124 cm³/mol. The number of hydrogen-bond donors (Lipinski definition) is 1. The lowest BCUT2D eigenvalue weighted by Gasteiger charge is -2.34. The monoisotopic (exact) mass is 499 g/mol. The first-order valence-electron chi connectivity index (χ1n) is 10.3. The molecule has 0 bridgehead atoms. The van der Waals surface area contributed by atoms with Gasteiger partial charge in [0.2, 0.25) is 0 Å². The zero-order valence-electron chi connectivity index (χ0n) is 17.1. The van der Waals surface area contributed by atoms with Gasteiger partial charge in [-0.05, 0) is 55.9 Å². The van der Waals surface area contributed by atoms with Crippen molar-refractivity contribution in [1.82, 2.24) is 10.2 Å². The number of benzene rings is 1. The molecule has 1 aromatic rings. The van der Waals surface area contributed by atoms with Crippen molar-refractivity contribution in [2.45, 2.75) is 44.4 Å². The molecule has 0 radical (unpaired) electrons. The Bertz CT molecular complexity index is 622. The van der Waals surface area contributed by atoms with Gasteiger partial charge in [0.05, 0.1) is 13.0 Å². The summed E-state index contributed by atoms with van der Waals surface area (Å²) in [5, 5.41) is 3.58. The van der Waals surface area contributed by atoms with E-state index in [4.69, 9.17) is 4.74 Å². The number of nitrogens with zero attached hydrogens (tertiary/aromatic N) is 2. The second-order valence-corrected chi connectivity index (χ2v) is 7.84. The third-order valence-corrected chi connectivity index (χ3v) is 6.21. The molecule has 1 saturated carbocycles. The van der Waals surface area contributed by atoms with Crippen molar-refractivity contribution in [1.29, 1.82) is 0 Å². The van der Waals surface area contributed by atoms with Gasteiger partial charge in [0.1, 0.15) is 0 Å². The molecule has 3 rings (SSSR count). The molecule has 2 fully saturated rings. The van der Waals surface area contributed by atoms with Gasteiger partial charge < -0.3 is 15.0 Å². The van der Waals surface area contributed by atoms with Crippen LogP contribution in [-0.4, -0.2) is 50.6 Å². The van der Waals surface area contributed by atoms with Crippen LogP contribution in [0.3, 0.4) is 0 Å². The van der Waals surface area contributed by atoms with E-state index in [1.807, 2.05) is 7.05 Å². The maximum atomic E-state index is 11.7. The van der Waals surface area contributed by atoms with Gasteiger partial charge in [0.15, 0.2) is 5.96 Å². The fraction of sp³-hybridized carbons (Fsp3) is 0.636. The number of aliphatic imine (C=N–C) groups is 1. The van der Waals surface area contributed by atoms with Crippen molar-refractivity contribution in [3.63, 3.8) is 0 Å². The van der Waals surface area contributed by atoms with Crippen LogP contribution in [0.25, 0.3) is 0 Å². The summed E-state index contributed by atoms with van der Waals surface area (Å²) in [6.07, 6.45) is 6.78. The van der Waals surface area contributed by atoms with E-state index in [9.17, 15) is 4.79 Å². The van der Waals surface area contributed by atoms with E-state index in [2.05, 4.69) is 45.5 Å². The molecule has 1 saturated heterocycles. The number of likely N-dealkylation sites (tertiary alicyclic amines) is 1. The lowest BCUT2D eigenvalue weighted by atomic mass is 9.79. The molecule has 1 heterocycles. The van der Waals surface area contributed by atoms with Crippen LogP contribution in [0, 0.1) is 11.8 Å².